The minimum absolute atomic E-state index is 1.50. The second-order valence-electron chi connectivity index (χ2n) is 1.33. The van der Waals surface area contributed by atoms with Gasteiger partial charge in [0.25, 0.3) is 0 Å². The number of carboxylic acid groups (broad SMARTS) is 4. The van der Waals surface area contributed by atoms with E-state index >= 15 is 0 Å². The molecule has 11 heteroatoms. The van der Waals surface area contributed by atoms with Crippen molar-refractivity contribution in [2.24, 2.45) is 0 Å². The van der Waals surface area contributed by atoms with Gasteiger partial charge in [-0.3, -0.25) is 0 Å². The Hall–Kier alpha value is -1.99. The third kappa shape index (κ3) is 33.3. The first-order chi connectivity index (χ1) is 6.70. The van der Waals surface area contributed by atoms with Gasteiger partial charge in [0.15, 0.2) is 0 Å². The summed E-state index contributed by atoms with van der Waals surface area (Å²) in [6.45, 7) is 0. The van der Waals surface area contributed by atoms with Crippen LogP contribution in [-0.4, -0.2) is 63.9 Å². The summed E-state index contributed by atoms with van der Waals surface area (Å²) in [7, 11) is 0. The van der Waals surface area contributed by atoms with Gasteiger partial charge in [-0.1, -0.05) is 0 Å². The number of rotatable bonds is 0. The normalized spacial score (nSPS) is 6.40. The predicted molar refractivity (Wildman–Crippen MR) is 39.2 cm³/mol. The first-order valence-electron chi connectivity index (χ1n) is 2.70. The molecule has 84 valence electrons. The molecule has 0 aliphatic rings. The van der Waals surface area contributed by atoms with Crippen molar-refractivity contribution >= 4 is 39.4 Å². The van der Waals surface area contributed by atoms with Crippen molar-refractivity contribution in [2.75, 3.05) is 0 Å². The predicted octanol–water partition coefficient (Wildman–Crippen LogP) is -2.75. The molecule has 0 aliphatic heterocycles. The Labute approximate surface area is 87.6 Å². The van der Waals surface area contributed by atoms with Gasteiger partial charge in [-0.15, -0.1) is 0 Å². The molecule has 0 aromatic rings. The molecule has 0 radical (unpaired) electrons. The molecule has 5 N–H and O–H groups in total. The molecule has 0 unspecified atom stereocenters. The Morgan fingerprint density at radius 2 is 0.733 bits per heavy atom. The topological polar surface area (TPSA) is 186 Å². The molecule has 0 aliphatic carbocycles. The van der Waals surface area contributed by atoms with E-state index in [4.69, 9.17) is 47.6 Å². The molecule has 15 heavy (non-hydrogen) atoms. The van der Waals surface area contributed by atoms with Gasteiger partial charge >= 0.3 is 47.3 Å². The molecule has 0 saturated heterocycles. The monoisotopic (exact) mass is 240 g/mol. The summed E-state index contributed by atoms with van der Waals surface area (Å²) in [4.78, 5) is 36.4. The van der Waals surface area contributed by atoms with Crippen molar-refractivity contribution in [2.45, 2.75) is 0 Å². The maximum atomic E-state index is 9.10. The van der Waals surface area contributed by atoms with E-state index in [-0.39, 0.29) is 0 Å². The fourth-order valence-electron chi connectivity index (χ4n) is 0. The average Bonchev–Trinajstić information content (AvgIpc) is 2.06. The summed E-state index contributed by atoms with van der Waals surface area (Å²) >= 11 is -1.50. The molecule has 0 bridgehead atoms. The van der Waals surface area contributed by atoms with Crippen molar-refractivity contribution in [3.05, 3.63) is 0 Å². The first-order valence-corrected chi connectivity index (χ1v) is 3.69. The summed E-state index contributed by atoms with van der Waals surface area (Å²) < 4.78 is 15.7. The number of aliphatic carboxylic acids is 4. The van der Waals surface area contributed by atoms with Crippen LogP contribution in [0.15, 0.2) is 0 Å². The molecule has 10 nitrogen and oxygen atoms in total. The Balaban J connectivity index is -0.000000153. The summed E-state index contributed by atoms with van der Waals surface area (Å²) in [6.07, 6.45) is 0. The fourth-order valence-corrected chi connectivity index (χ4v) is 0. The molecule has 0 fully saturated rings. The third-order valence-corrected chi connectivity index (χ3v) is 0.366. The van der Waals surface area contributed by atoms with Crippen LogP contribution >= 0.6 is 0 Å². The van der Waals surface area contributed by atoms with E-state index in [9.17, 15) is 0 Å². The fraction of sp³-hybridized carbons (Fsp3) is 0. The minimum atomic E-state index is -1.82. The number of hydrogen-bond acceptors (Lipinski definition) is 5. The molecule has 0 heterocycles. The van der Waals surface area contributed by atoms with Crippen molar-refractivity contribution in [3.8, 4) is 0 Å². The van der Waals surface area contributed by atoms with Crippen molar-refractivity contribution in [3.63, 3.8) is 0 Å². The van der Waals surface area contributed by atoms with Crippen LogP contribution in [0.2, 0.25) is 0 Å². The SMILES string of the molecule is O=C(O)C(=O)O.O=C(O)C(=O)O.[O]=[Al][OH]. The number of carboxylic acids is 4. The molecule has 0 spiro atoms. The van der Waals surface area contributed by atoms with Gasteiger partial charge in [-0.05, 0) is 0 Å². The van der Waals surface area contributed by atoms with Gasteiger partial charge in [0.1, 0.15) is 0 Å². The van der Waals surface area contributed by atoms with Gasteiger partial charge in [-0.2, -0.15) is 0 Å². The van der Waals surface area contributed by atoms with Crippen molar-refractivity contribution < 1.29 is 47.6 Å². The summed E-state index contributed by atoms with van der Waals surface area (Å²) in [6, 6.07) is 0. The second kappa shape index (κ2) is 12.0. The van der Waals surface area contributed by atoms with Crippen LogP contribution in [0.25, 0.3) is 0 Å². The molecule has 0 rings (SSSR count). The standard InChI is InChI=1S/2C2H2O4.Al.H2O.O/c2*3-1(4)2(5)6;;;/h2*(H,3,4)(H,5,6);;1H2;/q;;+1;;/p-1. The van der Waals surface area contributed by atoms with Gasteiger partial charge in [0.05, 0.1) is 0 Å². The summed E-state index contributed by atoms with van der Waals surface area (Å²) in [5, 5.41) is 29.6. The van der Waals surface area contributed by atoms with Crippen LogP contribution in [0.5, 0.6) is 0 Å². The van der Waals surface area contributed by atoms with E-state index in [2.05, 4.69) is 0 Å². The van der Waals surface area contributed by atoms with Crippen LogP contribution in [0, 0.1) is 0 Å². The molecule has 0 aromatic heterocycles. The van der Waals surface area contributed by atoms with Crippen LogP contribution in [0.3, 0.4) is 0 Å². The quantitative estimate of drug-likeness (QED) is 0.219. The van der Waals surface area contributed by atoms with Gasteiger partial charge in [-0.25, -0.2) is 19.2 Å². The van der Waals surface area contributed by atoms with Crippen LogP contribution in [0.4, 0.5) is 0 Å². The zero-order chi connectivity index (χ0) is 13.0. The zero-order valence-electron chi connectivity index (χ0n) is 6.85. The van der Waals surface area contributed by atoms with Crippen LogP contribution in [-0.2, 0) is 23.0 Å². The van der Waals surface area contributed by atoms with Crippen molar-refractivity contribution in [1.82, 2.24) is 0 Å². The summed E-state index contributed by atoms with van der Waals surface area (Å²) in [5.41, 5.74) is 0. The van der Waals surface area contributed by atoms with Gasteiger partial charge in [0.2, 0.25) is 0 Å². The Bertz CT molecular complexity index is 208. The molecular weight excluding hydrogens is 235 g/mol. The van der Waals surface area contributed by atoms with Crippen molar-refractivity contribution in [1.29, 1.82) is 0 Å². The number of carbonyl (C=O) groups is 4. The van der Waals surface area contributed by atoms with E-state index in [1.54, 1.807) is 0 Å². The van der Waals surface area contributed by atoms with E-state index in [1.807, 2.05) is 0 Å². The van der Waals surface area contributed by atoms with Gasteiger partial charge < -0.3 is 20.4 Å². The second-order valence-corrected chi connectivity index (χ2v) is 1.54. The van der Waals surface area contributed by atoms with E-state index in [0.717, 1.165) is 0 Å². The molecule has 0 saturated carbocycles. The molecule has 0 aromatic carbocycles. The Morgan fingerprint density at radius 1 is 0.667 bits per heavy atom. The number of hydrogen-bond donors (Lipinski definition) is 5. The molecule has 0 atom stereocenters. The Kier molecular flexibility index (Phi) is 15.0. The third-order valence-electron chi connectivity index (χ3n) is 0.366. The van der Waals surface area contributed by atoms with Crippen LogP contribution < -0.4 is 0 Å². The molecule has 0 amide bonds. The van der Waals surface area contributed by atoms with E-state index < -0.39 is 39.4 Å². The van der Waals surface area contributed by atoms with E-state index in [0.29, 0.717) is 0 Å². The van der Waals surface area contributed by atoms with Gasteiger partial charge in [0, 0.05) is 0 Å². The maximum absolute atomic E-state index is 9.10. The van der Waals surface area contributed by atoms with Crippen LogP contribution in [0.1, 0.15) is 0 Å². The Morgan fingerprint density at radius 3 is 0.733 bits per heavy atom. The molecular formula is C4H5AlO10. The summed E-state index contributed by atoms with van der Waals surface area (Å²) in [5.74, 6) is -7.30. The average molecular weight is 240 g/mol. The zero-order valence-corrected chi connectivity index (χ0v) is 8.01. The van der Waals surface area contributed by atoms with E-state index in [1.165, 1.54) is 0 Å². The first kappa shape index (κ1) is 18.7.